The number of halogens is 1. The maximum absolute atomic E-state index is 4.52. The van der Waals surface area contributed by atoms with E-state index in [1.165, 1.54) is 6.33 Å². The second-order valence-corrected chi connectivity index (χ2v) is 4.43. The highest BCUT2D eigenvalue weighted by atomic mass is 79.9. The van der Waals surface area contributed by atoms with Crippen LogP contribution in [0.15, 0.2) is 23.1 Å². The highest BCUT2D eigenvalue weighted by Gasteiger charge is 2.12. The molecule has 0 aliphatic heterocycles. The first-order valence-electron chi connectivity index (χ1n) is 5.82. The molecule has 1 N–H and O–H groups in total. The molecule has 0 saturated carbocycles. The van der Waals surface area contributed by atoms with Gasteiger partial charge in [-0.3, -0.25) is 0 Å². The summed E-state index contributed by atoms with van der Waals surface area (Å²) in [5.74, 6) is 1.42. The highest BCUT2D eigenvalue weighted by molar-refractivity contribution is 9.10. The largest absolute Gasteiger partial charge is 0.369 e. The molecule has 2 heterocycles. The van der Waals surface area contributed by atoms with Crippen molar-refractivity contribution < 1.29 is 0 Å². The first kappa shape index (κ1) is 12.9. The van der Waals surface area contributed by atoms with Crippen LogP contribution in [0.3, 0.4) is 0 Å². The fraction of sp³-hybridized carbons (Fsp3) is 0.333. The minimum atomic E-state index is 0.619. The van der Waals surface area contributed by atoms with Crippen molar-refractivity contribution in [3.05, 3.63) is 28.8 Å². The number of rotatable bonds is 4. The molecule has 6 heteroatoms. The Morgan fingerprint density at radius 3 is 2.72 bits per heavy atom. The predicted octanol–water partition coefficient (Wildman–Crippen LogP) is 2.69. The van der Waals surface area contributed by atoms with Gasteiger partial charge < -0.3 is 5.32 Å². The van der Waals surface area contributed by atoms with Crippen LogP contribution in [-0.4, -0.2) is 26.5 Å². The van der Waals surface area contributed by atoms with Crippen molar-refractivity contribution in [3.63, 3.8) is 0 Å². The van der Waals surface area contributed by atoms with E-state index in [1.54, 1.807) is 12.3 Å². The number of aromatic nitrogens is 4. The van der Waals surface area contributed by atoms with E-state index in [1.807, 2.05) is 6.92 Å². The van der Waals surface area contributed by atoms with Crippen LogP contribution in [0.2, 0.25) is 0 Å². The standard InChI is InChI=1S/C12H14BrN5/c1-3-8-10(13)12(15-4-2)18-11(17-8)9-5-6-14-7-16-9/h5-7H,3-4H2,1-2H3,(H,15,17,18). The fourth-order valence-electron chi connectivity index (χ4n) is 1.55. The van der Waals surface area contributed by atoms with Crippen molar-refractivity contribution in [2.75, 3.05) is 11.9 Å². The summed E-state index contributed by atoms with van der Waals surface area (Å²) >= 11 is 3.53. The summed E-state index contributed by atoms with van der Waals surface area (Å²) in [6, 6.07) is 1.80. The van der Waals surface area contributed by atoms with Crippen LogP contribution in [0.4, 0.5) is 5.82 Å². The first-order valence-corrected chi connectivity index (χ1v) is 6.62. The Labute approximate surface area is 114 Å². The SMILES string of the molecule is CCNc1nc(-c2ccncn2)nc(CC)c1Br. The maximum Gasteiger partial charge on any atom is 0.180 e. The molecule has 0 amide bonds. The molecule has 18 heavy (non-hydrogen) atoms. The lowest BCUT2D eigenvalue weighted by molar-refractivity contribution is 0.974. The number of aryl methyl sites for hydroxylation is 1. The second kappa shape index (κ2) is 5.86. The van der Waals surface area contributed by atoms with Gasteiger partial charge in [0.1, 0.15) is 17.8 Å². The molecule has 2 aromatic rings. The number of hydrogen-bond acceptors (Lipinski definition) is 5. The van der Waals surface area contributed by atoms with Crippen LogP contribution >= 0.6 is 15.9 Å². The van der Waals surface area contributed by atoms with Gasteiger partial charge in [-0.05, 0) is 35.3 Å². The molecule has 0 radical (unpaired) electrons. The van der Waals surface area contributed by atoms with Crippen molar-refractivity contribution in [3.8, 4) is 11.5 Å². The quantitative estimate of drug-likeness (QED) is 0.941. The highest BCUT2D eigenvalue weighted by Crippen LogP contribution is 2.26. The van der Waals surface area contributed by atoms with Crippen molar-refractivity contribution >= 4 is 21.7 Å². The average molecular weight is 308 g/mol. The maximum atomic E-state index is 4.52. The van der Waals surface area contributed by atoms with E-state index in [9.17, 15) is 0 Å². The van der Waals surface area contributed by atoms with Gasteiger partial charge in [0.2, 0.25) is 0 Å². The van der Waals surface area contributed by atoms with Gasteiger partial charge in [0.05, 0.1) is 10.2 Å². The molecular weight excluding hydrogens is 294 g/mol. The Kier molecular flexibility index (Phi) is 4.19. The van der Waals surface area contributed by atoms with E-state index in [2.05, 4.69) is 48.1 Å². The first-order chi connectivity index (χ1) is 8.76. The monoisotopic (exact) mass is 307 g/mol. The zero-order valence-electron chi connectivity index (χ0n) is 10.3. The van der Waals surface area contributed by atoms with Crippen LogP contribution in [-0.2, 0) is 6.42 Å². The van der Waals surface area contributed by atoms with Gasteiger partial charge in [-0.2, -0.15) is 0 Å². The summed E-state index contributed by atoms with van der Waals surface area (Å²) in [5.41, 5.74) is 1.70. The minimum absolute atomic E-state index is 0.619. The van der Waals surface area contributed by atoms with Crippen molar-refractivity contribution in [2.45, 2.75) is 20.3 Å². The van der Waals surface area contributed by atoms with Gasteiger partial charge in [-0.15, -0.1) is 0 Å². The fourth-order valence-corrected chi connectivity index (χ4v) is 2.15. The van der Waals surface area contributed by atoms with Gasteiger partial charge in [0, 0.05) is 12.7 Å². The zero-order valence-corrected chi connectivity index (χ0v) is 11.9. The van der Waals surface area contributed by atoms with Crippen molar-refractivity contribution in [2.24, 2.45) is 0 Å². The molecule has 0 aromatic carbocycles. The third kappa shape index (κ3) is 2.64. The second-order valence-electron chi connectivity index (χ2n) is 3.63. The number of hydrogen-bond donors (Lipinski definition) is 1. The normalized spacial score (nSPS) is 10.4. The van der Waals surface area contributed by atoms with Gasteiger partial charge >= 0.3 is 0 Å². The summed E-state index contributed by atoms with van der Waals surface area (Å²) in [4.78, 5) is 17.1. The van der Waals surface area contributed by atoms with E-state index in [0.29, 0.717) is 5.82 Å². The number of nitrogens with one attached hydrogen (secondary N) is 1. The third-order valence-corrected chi connectivity index (χ3v) is 3.24. The Hall–Kier alpha value is -1.56. The minimum Gasteiger partial charge on any atom is -0.369 e. The molecule has 0 aliphatic rings. The summed E-state index contributed by atoms with van der Waals surface area (Å²) in [6.45, 7) is 4.90. The van der Waals surface area contributed by atoms with Crippen LogP contribution in [0.1, 0.15) is 19.5 Å². The smallest absolute Gasteiger partial charge is 0.180 e. The summed E-state index contributed by atoms with van der Waals surface area (Å²) in [7, 11) is 0. The van der Waals surface area contributed by atoms with Crippen LogP contribution < -0.4 is 5.32 Å². The lowest BCUT2D eigenvalue weighted by atomic mass is 10.3. The Morgan fingerprint density at radius 1 is 1.28 bits per heavy atom. The molecule has 5 nitrogen and oxygen atoms in total. The molecule has 0 saturated heterocycles. The molecule has 2 aromatic heterocycles. The van der Waals surface area contributed by atoms with Gasteiger partial charge in [-0.1, -0.05) is 6.92 Å². The molecular formula is C12H14BrN5. The summed E-state index contributed by atoms with van der Waals surface area (Å²) in [5, 5.41) is 3.22. The molecule has 2 rings (SSSR count). The summed E-state index contributed by atoms with van der Waals surface area (Å²) < 4.78 is 0.921. The van der Waals surface area contributed by atoms with E-state index >= 15 is 0 Å². The number of nitrogens with zero attached hydrogens (tertiary/aromatic N) is 4. The number of anilines is 1. The summed E-state index contributed by atoms with van der Waals surface area (Å²) in [6.07, 6.45) is 4.02. The Bertz CT molecular complexity index is 529. The molecule has 0 fully saturated rings. The molecule has 0 unspecified atom stereocenters. The van der Waals surface area contributed by atoms with E-state index in [4.69, 9.17) is 0 Å². The zero-order chi connectivity index (χ0) is 13.0. The lowest BCUT2D eigenvalue weighted by Gasteiger charge is -2.10. The Morgan fingerprint density at radius 2 is 2.11 bits per heavy atom. The lowest BCUT2D eigenvalue weighted by Crippen LogP contribution is -2.06. The van der Waals surface area contributed by atoms with Crippen molar-refractivity contribution in [1.82, 2.24) is 19.9 Å². The van der Waals surface area contributed by atoms with Crippen LogP contribution in [0, 0.1) is 0 Å². The molecule has 0 aliphatic carbocycles. The van der Waals surface area contributed by atoms with Crippen LogP contribution in [0.5, 0.6) is 0 Å². The van der Waals surface area contributed by atoms with Gasteiger partial charge in [0.15, 0.2) is 5.82 Å². The topological polar surface area (TPSA) is 63.6 Å². The molecule has 0 atom stereocenters. The molecule has 94 valence electrons. The van der Waals surface area contributed by atoms with Gasteiger partial charge in [-0.25, -0.2) is 19.9 Å². The predicted molar refractivity (Wildman–Crippen MR) is 74.3 cm³/mol. The van der Waals surface area contributed by atoms with Gasteiger partial charge in [0.25, 0.3) is 0 Å². The molecule has 0 bridgehead atoms. The molecule has 0 spiro atoms. The average Bonchev–Trinajstić information content (AvgIpc) is 2.42. The van der Waals surface area contributed by atoms with E-state index < -0.39 is 0 Å². The van der Waals surface area contributed by atoms with E-state index in [0.717, 1.165) is 34.6 Å². The third-order valence-electron chi connectivity index (χ3n) is 2.41. The van der Waals surface area contributed by atoms with E-state index in [-0.39, 0.29) is 0 Å². The van der Waals surface area contributed by atoms with Crippen molar-refractivity contribution in [1.29, 1.82) is 0 Å². The Balaban J connectivity index is 2.52. The van der Waals surface area contributed by atoms with Crippen LogP contribution in [0.25, 0.3) is 11.5 Å².